The third kappa shape index (κ3) is 3.70. The number of benzene rings is 1. The van der Waals surface area contributed by atoms with Gasteiger partial charge in [0.1, 0.15) is 0 Å². The number of hydrogen-bond acceptors (Lipinski definition) is 2. The number of allylic oxidation sites excluding steroid dienone is 2. The van der Waals surface area contributed by atoms with E-state index in [1.54, 1.807) is 0 Å². The molecule has 0 radical (unpaired) electrons. The lowest BCUT2D eigenvalue weighted by Gasteiger charge is -2.16. The largest absolute Gasteiger partial charge is 0.420 e. The minimum absolute atomic E-state index is 0.150. The molecule has 0 spiro atoms. The fraction of sp³-hybridized carbons (Fsp3) is 0.571. The van der Waals surface area contributed by atoms with E-state index in [1.165, 1.54) is 19.3 Å². The molecule has 1 aromatic rings. The highest BCUT2D eigenvalue weighted by molar-refractivity contribution is 7.64. The van der Waals surface area contributed by atoms with Gasteiger partial charge in [0.15, 0.2) is 6.16 Å². The van der Waals surface area contributed by atoms with Crippen LogP contribution in [0, 0.1) is 38.5 Å². The molecule has 3 rings (SSSR count). The Hall–Kier alpha value is -1.27. The van der Waals surface area contributed by atoms with Crippen LogP contribution in [-0.2, 0) is 4.57 Å². The van der Waals surface area contributed by atoms with Crippen molar-refractivity contribution in [1.29, 1.82) is 0 Å². The van der Waals surface area contributed by atoms with Crippen molar-refractivity contribution in [2.24, 2.45) is 17.8 Å². The zero-order valence-electron chi connectivity index (χ0n) is 15.0. The van der Waals surface area contributed by atoms with Gasteiger partial charge in [-0.2, -0.15) is 0 Å². The second-order valence-corrected chi connectivity index (χ2v) is 9.33. The molecular formula is C21H28O2P+. The second kappa shape index (κ2) is 7.31. The lowest BCUT2D eigenvalue weighted by molar-refractivity contribution is 0.107. The fourth-order valence-corrected chi connectivity index (χ4v) is 5.95. The molecule has 1 fully saturated rings. The lowest BCUT2D eigenvalue weighted by atomic mass is 9.89. The predicted octanol–water partition coefficient (Wildman–Crippen LogP) is 5.96. The average molecular weight is 343 g/mol. The fourth-order valence-electron chi connectivity index (χ4n) is 4.63. The molecular weight excluding hydrogens is 315 g/mol. The van der Waals surface area contributed by atoms with Crippen LogP contribution in [0.1, 0.15) is 59.2 Å². The van der Waals surface area contributed by atoms with Gasteiger partial charge in [-0.05, 0) is 81.8 Å². The number of fused-ring (bicyclic) bond motifs is 2. The van der Waals surface area contributed by atoms with Crippen molar-refractivity contribution in [1.82, 2.24) is 0 Å². The SMILES string of the molecule is Cc1cc(C)c(C(=O)[P+](=O)CCCCC2C[C@@H]3C=C[C@H]2C3)c(C)c1. The summed E-state index contributed by atoms with van der Waals surface area (Å²) in [5, 5.41) is 0. The second-order valence-electron chi connectivity index (χ2n) is 7.72. The number of rotatable bonds is 7. The zero-order valence-corrected chi connectivity index (χ0v) is 15.9. The highest BCUT2D eigenvalue weighted by atomic mass is 31.1. The quantitative estimate of drug-likeness (QED) is 0.348. The van der Waals surface area contributed by atoms with E-state index in [4.69, 9.17) is 0 Å². The normalized spacial score (nSPS) is 25.3. The molecule has 24 heavy (non-hydrogen) atoms. The molecule has 0 heterocycles. The summed E-state index contributed by atoms with van der Waals surface area (Å²) in [6.07, 6.45) is 11.2. The molecule has 0 amide bonds. The van der Waals surface area contributed by atoms with E-state index in [2.05, 4.69) is 12.2 Å². The smallest absolute Gasteiger partial charge is 0.234 e. The van der Waals surface area contributed by atoms with Crippen molar-refractivity contribution < 1.29 is 9.36 Å². The van der Waals surface area contributed by atoms with E-state index in [1.807, 2.05) is 32.9 Å². The number of aryl methyl sites for hydroxylation is 3. The Balaban J connectivity index is 1.48. The number of carbonyl (C=O) groups is 1. The summed E-state index contributed by atoms with van der Waals surface area (Å²) >= 11 is 0. The highest BCUT2D eigenvalue weighted by Crippen LogP contribution is 2.45. The first-order chi connectivity index (χ1) is 11.5. The number of carbonyl (C=O) groups excluding carboxylic acids is 1. The van der Waals surface area contributed by atoms with E-state index in [-0.39, 0.29) is 5.52 Å². The molecule has 1 aromatic carbocycles. The van der Waals surface area contributed by atoms with E-state index in [9.17, 15) is 9.36 Å². The van der Waals surface area contributed by atoms with Gasteiger partial charge in [-0.1, -0.05) is 34.4 Å². The van der Waals surface area contributed by atoms with Crippen LogP contribution < -0.4 is 0 Å². The van der Waals surface area contributed by atoms with Crippen LogP contribution in [0.25, 0.3) is 0 Å². The predicted molar refractivity (Wildman–Crippen MR) is 100 cm³/mol. The Morgan fingerprint density at radius 2 is 1.79 bits per heavy atom. The molecule has 0 aliphatic heterocycles. The van der Waals surface area contributed by atoms with Crippen LogP contribution in [0.4, 0.5) is 0 Å². The first-order valence-electron chi connectivity index (χ1n) is 9.21. The van der Waals surface area contributed by atoms with Crippen molar-refractivity contribution in [3.63, 3.8) is 0 Å². The van der Waals surface area contributed by atoms with Crippen LogP contribution in [-0.4, -0.2) is 11.7 Å². The molecule has 2 bridgehead atoms. The van der Waals surface area contributed by atoms with Gasteiger partial charge in [-0.25, -0.2) is 4.79 Å². The highest BCUT2D eigenvalue weighted by Gasteiger charge is 2.35. The Labute approximate surface area is 146 Å². The maximum atomic E-state index is 12.6. The maximum Gasteiger partial charge on any atom is 0.420 e. The van der Waals surface area contributed by atoms with Gasteiger partial charge < -0.3 is 0 Å². The molecule has 0 N–H and O–H groups in total. The van der Waals surface area contributed by atoms with Crippen molar-refractivity contribution in [3.05, 3.63) is 46.5 Å². The first kappa shape index (κ1) is 17.5. The minimum atomic E-state index is -1.79. The van der Waals surface area contributed by atoms with Gasteiger partial charge in [0.05, 0.1) is 5.56 Å². The van der Waals surface area contributed by atoms with Crippen molar-refractivity contribution >= 4 is 13.3 Å². The minimum Gasteiger partial charge on any atom is -0.234 e. The van der Waals surface area contributed by atoms with Crippen LogP contribution in [0.3, 0.4) is 0 Å². The summed E-state index contributed by atoms with van der Waals surface area (Å²) < 4.78 is 12.4. The van der Waals surface area contributed by atoms with E-state index in [0.29, 0.717) is 11.7 Å². The number of hydrogen-bond donors (Lipinski definition) is 0. The Bertz CT molecular complexity index is 666. The summed E-state index contributed by atoms with van der Waals surface area (Å²) in [4.78, 5) is 12.6. The Morgan fingerprint density at radius 1 is 1.08 bits per heavy atom. The van der Waals surface area contributed by atoms with Gasteiger partial charge in [-0.15, -0.1) is 0 Å². The first-order valence-corrected chi connectivity index (χ1v) is 10.7. The topological polar surface area (TPSA) is 34.1 Å². The maximum absolute atomic E-state index is 12.6. The van der Waals surface area contributed by atoms with Crippen molar-refractivity contribution in [3.8, 4) is 0 Å². The lowest BCUT2D eigenvalue weighted by Crippen LogP contribution is -2.07. The van der Waals surface area contributed by atoms with E-state index < -0.39 is 7.80 Å². The molecule has 0 aromatic heterocycles. The summed E-state index contributed by atoms with van der Waals surface area (Å²) in [6.45, 7) is 5.91. The third-order valence-electron chi connectivity index (χ3n) is 5.72. The zero-order chi connectivity index (χ0) is 17.3. The molecule has 0 saturated heterocycles. The molecule has 2 aliphatic rings. The van der Waals surface area contributed by atoms with Crippen LogP contribution in [0.2, 0.25) is 0 Å². The van der Waals surface area contributed by atoms with Gasteiger partial charge in [0, 0.05) is 0 Å². The third-order valence-corrected chi connectivity index (χ3v) is 7.12. The summed E-state index contributed by atoms with van der Waals surface area (Å²) in [6, 6.07) is 4.01. The molecule has 2 aliphatic carbocycles. The molecule has 1 saturated carbocycles. The van der Waals surface area contributed by atoms with Gasteiger partial charge >= 0.3 is 13.3 Å². The van der Waals surface area contributed by atoms with Gasteiger partial charge in [0.2, 0.25) is 0 Å². The van der Waals surface area contributed by atoms with Crippen molar-refractivity contribution in [2.45, 2.75) is 52.9 Å². The number of unbranched alkanes of at least 4 members (excludes halogenated alkanes) is 1. The van der Waals surface area contributed by atoms with Crippen LogP contribution in [0.5, 0.6) is 0 Å². The molecule has 3 heteroatoms. The Morgan fingerprint density at radius 3 is 2.38 bits per heavy atom. The molecule has 4 atom stereocenters. The van der Waals surface area contributed by atoms with Gasteiger partial charge in [0.25, 0.3) is 0 Å². The van der Waals surface area contributed by atoms with Crippen LogP contribution in [0.15, 0.2) is 24.3 Å². The molecule has 128 valence electrons. The van der Waals surface area contributed by atoms with Gasteiger partial charge in [-0.3, -0.25) is 0 Å². The average Bonchev–Trinajstić information content (AvgIpc) is 3.12. The van der Waals surface area contributed by atoms with Crippen LogP contribution >= 0.6 is 7.80 Å². The van der Waals surface area contributed by atoms with E-state index >= 15 is 0 Å². The van der Waals surface area contributed by atoms with E-state index in [0.717, 1.165) is 47.3 Å². The Kier molecular flexibility index (Phi) is 5.35. The molecule has 2 unspecified atom stereocenters. The summed E-state index contributed by atoms with van der Waals surface area (Å²) in [5.41, 5.74) is 3.59. The standard InChI is InChI=1S/C21H28O2P/c1-14-10-15(2)20(16(3)11-14)21(22)24(23)9-5-4-6-18-12-17-7-8-19(18)13-17/h7-8,10-11,17-19H,4-6,9,12-13H2,1-3H3/q+1/t17-,18?,19-/m0/s1. The monoisotopic (exact) mass is 343 g/mol. The molecule has 2 nitrogen and oxygen atoms in total. The summed E-state index contributed by atoms with van der Waals surface area (Å²) in [7, 11) is -1.79. The van der Waals surface area contributed by atoms with Crippen molar-refractivity contribution in [2.75, 3.05) is 6.16 Å². The summed E-state index contributed by atoms with van der Waals surface area (Å²) in [5.74, 6) is 2.45.